The molecule has 0 saturated carbocycles. The summed E-state index contributed by atoms with van der Waals surface area (Å²) < 4.78 is 5.38. The van der Waals surface area contributed by atoms with Gasteiger partial charge in [0.05, 0.1) is 11.5 Å². The van der Waals surface area contributed by atoms with Crippen molar-refractivity contribution in [1.82, 2.24) is 0 Å². The zero-order chi connectivity index (χ0) is 11.9. The Morgan fingerprint density at radius 3 is 2.40 bits per heavy atom. The van der Waals surface area contributed by atoms with E-state index in [1.165, 1.54) is 0 Å². The lowest BCUT2D eigenvalue weighted by atomic mass is 9.80. The Hall–Kier alpha value is -0.610. The van der Waals surface area contributed by atoms with Gasteiger partial charge in [0.15, 0.2) is 0 Å². The van der Waals surface area contributed by atoms with E-state index in [-0.39, 0.29) is 12.6 Å². The summed E-state index contributed by atoms with van der Waals surface area (Å²) in [7, 11) is 0. The van der Waals surface area contributed by atoms with E-state index in [4.69, 9.17) is 10.5 Å². The summed E-state index contributed by atoms with van der Waals surface area (Å²) in [6.07, 6.45) is 2.06. The van der Waals surface area contributed by atoms with Gasteiger partial charge in [-0.1, -0.05) is 13.3 Å². The normalized spacial score (nSPS) is 15.3. The van der Waals surface area contributed by atoms with E-state index in [9.17, 15) is 9.90 Å². The maximum atomic E-state index is 11.2. The Morgan fingerprint density at radius 2 is 2.07 bits per heavy atom. The van der Waals surface area contributed by atoms with E-state index in [1.54, 1.807) is 0 Å². The Kier molecular flexibility index (Phi) is 6.52. The molecule has 0 amide bonds. The molecular weight excluding hydrogens is 194 g/mol. The molecule has 4 nitrogen and oxygen atoms in total. The van der Waals surface area contributed by atoms with Crippen molar-refractivity contribution in [2.24, 2.45) is 11.1 Å². The summed E-state index contributed by atoms with van der Waals surface area (Å²) in [6, 6.07) is 0. The number of hydrogen-bond acceptors (Lipinski definition) is 3. The molecular formula is C11H23NO3. The van der Waals surface area contributed by atoms with E-state index >= 15 is 0 Å². The van der Waals surface area contributed by atoms with Gasteiger partial charge in [0, 0.05) is 13.2 Å². The predicted octanol–water partition coefficient (Wildman–Crippen LogP) is 1.63. The number of ether oxygens (including phenoxy) is 1. The van der Waals surface area contributed by atoms with Gasteiger partial charge in [-0.3, -0.25) is 4.79 Å². The van der Waals surface area contributed by atoms with Crippen LogP contribution in [0.4, 0.5) is 0 Å². The van der Waals surface area contributed by atoms with Crippen LogP contribution < -0.4 is 5.73 Å². The van der Waals surface area contributed by atoms with E-state index in [1.807, 2.05) is 20.8 Å². The molecule has 0 fully saturated rings. The van der Waals surface area contributed by atoms with Crippen LogP contribution in [0.1, 0.15) is 40.0 Å². The van der Waals surface area contributed by atoms with Crippen molar-refractivity contribution in [1.29, 1.82) is 0 Å². The van der Waals surface area contributed by atoms with Crippen LogP contribution in [0.15, 0.2) is 0 Å². The highest BCUT2D eigenvalue weighted by molar-refractivity contribution is 5.74. The van der Waals surface area contributed by atoms with Crippen molar-refractivity contribution >= 4 is 5.97 Å². The van der Waals surface area contributed by atoms with Gasteiger partial charge >= 0.3 is 5.97 Å². The smallest absolute Gasteiger partial charge is 0.311 e. The Morgan fingerprint density at radius 1 is 1.47 bits per heavy atom. The maximum absolute atomic E-state index is 11.2. The van der Waals surface area contributed by atoms with Crippen LogP contribution in [0, 0.1) is 5.41 Å². The van der Waals surface area contributed by atoms with Gasteiger partial charge < -0.3 is 15.6 Å². The second kappa shape index (κ2) is 6.80. The fourth-order valence-corrected chi connectivity index (χ4v) is 1.60. The number of carboxylic acid groups (broad SMARTS) is 1. The Bertz CT molecular complexity index is 194. The minimum atomic E-state index is -0.806. The van der Waals surface area contributed by atoms with Gasteiger partial charge in [-0.05, 0) is 26.7 Å². The third-order valence-corrected chi connectivity index (χ3v) is 2.60. The summed E-state index contributed by atoms with van der Waals surface area (Å²) in [6.45, 7) is 6.48. The first-order valence-corrected chi connectivity index (χ1v) is 5.53. The van der Waals surface area contributed by atoms with Gasteiger partial charge in [0.25, 0.3) is 0 Å². The van der Waals surface area contributed by atoms with Gasteiger partial charge in [-0.15, -0.1) is 0 Å². The lowest BCUT2D eigenvalue weighted by Gasteiger charge is -2.27. The monoisotopic (exact) mass is 217 g/mol. The number of hydrogen-bond donors (Lipinski definition) is 2. The van der Waals surface area contributed by atoms with Crippen LogP contribution in [0.25, 0.3) is 0 Å². The highest BCUT2D eigenvalue weighted by Gasteiger charge is 2.35. The second-order valence-electron chi connectivity index (χ2n) is 4.21. The van der Waals surface area contributed by atoms with Crippen molar-refractivity contribution in [2.75, 3.05) is 13.2 Å². The zero-order valence-electron chi connectivity index (χ0n) is 9.95. The highest BCUT2D eigenvalue weighted by Crippen LogP contribution is 2.27. The summed E-state index contributed by atoms with van der Waals surface area (Å²) in [5.41, 5.74) is 4.77. The molecule has 0 saturated heterocycles. The van der Waals surface area contributed by atoms with E-state index < -0.39 is 11.4 Å². The van der Waals surface area contributed by atoms with Crippen LogP contribution in [-0.2, 0) is 9.53 Å². The van der Waals surface area contributed by atoms with Crippen LogP contribution in [0.5, 0.6) is 0 Å². The second-order valence-corrected chi connectivity index (χ2v) is 4.21. The Labute approximate surface area is 91.8 Å². The summed E-state index contributed by atoms with van der Waals surface area (Å²) in [5, 5.41) is 9.18. The molecule has 0 bridgehead atoms. The van der Waals surface area contributed by atoms with Crippen LogP contribution in [-0.4, -0.2) is 30.3 Å². The fourth-order valence-electron chi connectivity index (χ4n) is 1.60. The molecule has 4 heteroatoms. The lowest BCUT2D eigenvalue weighted by Crippen LogP contribution is -2.39. The van der Waals surface area contributed by atoms with Gasteiger partial charge in [-0.25, -0.2) is 0 Å². The number of carbonyl (C=O) groups is 1. The first-order chi connectivity index (χ1) is 6.98. The van der Waals surface area contributed by atoms with Crippen molar-refractivity contribution < 1.29 is 14.6 Å². The SMILES string of the molecule is CCCC(CN)(CCOC(C)C)C(=O)O. The molecule has 0 aliphatic heterocycles. The zero-order valence-corrected chi connectivity index (χ0v) is 9.95. The average Bonchev–Trinajstić information content (AvgIpc) is 2.15. The van der Waals surface area contributed by atoms with E-state index in [2.05, 4.69) is 0 Å². The molecule has 0 heterocycles. The molecule has 3 N–H and O–H groups in total. The Balaban J connectivity index is 4.28. The van der Waals surface area contributed by atoms with Crippen molar-refractivity contribution in [2.45, 2.75) is 46.1 Å². The topological polar surface area (TPSA) is 72.5 Å². The molecule has 0 aromatic carbocycles. The van der Waals surface area contributed by atoms with Crippen LogP contribution >= 0.6 is 0 Å². The predicted molar refractivity (Wildman–Crippen MR) is 59.7 cm³/mol. The van der Waals surface area contributed by atoms with Crippen molar-refractivity contribution in [3.8, 4) is 0 Å². The molecule has 0 spiro atoms. The fraction of sp³-hybridized carbons (Fsp3) is 0.909. The molecule has 90 valence electrons. The molecule has 0 aliphatic rings. The van der Waals surface area contributed by atoms with Gasteiger partial charge in [0.1, 0.15) is 0 Å². The quantitative estimate of drug-likeness (QED) is 0.648. The first-order valence-electron chi connectivity index (χ1n) is 5.53. The third kappa shape index (κ3) is 4.62. The number of rotatable bonds is 8. The molecule has 15 heavy (non-hydrogen) atoms. The molecule has 0 rings (SSSR count). The standard InChI is InChI=1S/C11H23NO3/c1-4-5-11(8-12,10(13)14)6-7-15-9(2)3/h9H,4-8,12H2,1-3H3,(H,13,14). The molecule has 0 aliphatic carbocycles. The minimum Gasteiger partial charge on any atom is -0.481 e. The molecule has 1 unspecified atom stereocenters. The van der Waals surface area contributed by atoms with Crippen LogP contribution in [0.2, 0.25) is 0 Å². The molecule has 1 atom stereocenters. The molecule has 0 aromatic heterocycles. The van der Waals surface area contributed by atoms with E-state index in [0.717, 1.165) is 6.42 Å². The summed E-state index contributed by atoms with van der Waals surface area (Å²) in [4.78, 5) is 11.2. The average molecular weight is 217 g/mol. The summed E-state index contributed by atoms with van der Waals surface area (Å²) >= 11 is 0. The molecule has 0 radical (unpaired) electrons. The van der Waals surface area contributed by atoms with Crippen molar-refractivity contribution in [3.05, 3.63) is 0 Å². The van der Waals surface area contributed by atoms with E-state index in [0.29, 0.717) is 19.4 Å². The lowest BCUT2D eigenvalue weighted by molar-refractivity contribution is -0.150. The van der Waals surface area contributed by atoms with Gasteiger partial charge in [0.2, 0.25) is 0 Å². The maximum Gasteiger partial charge on any atom is 0.311 e. The van der Waals surface area contributed by atoms with Crippen LogP contribution in [0.3, 0.4) is 0 Å². The van der Waals surface area contributed by atoms with Gasteiger partial charge in [-0.2, -0.15) is 0 Å². The number of carboxylic acids is 1. The third-order valence-electron chi connectivity index (χ3n) is 2.60. The largest absolute Gasteiger partial charge is 0.481 e. The molecule has 0 aromatic rings. The first kappa shape index (κ1) is 14.4. The number of nitrogens with two attached hydrogens (primary N) is 1. The summed E-state index contributed by atoms with van der Waals surface area (Å²) in [5.74, 6) is -0.806. The van der Waals surface area contributed by atoms with Crippen molar-refractivity contribution in [3.63, 3.8) is 0 Å². The highest BCUT2D eigenvalue weighted by atomic mass is 16.5. The minimum absolute atomic E-state index is 0.135. The number of aliphatic carboxylic acids is 1.